The fourth-order valence-corrected chi connectivity index (χ4v) is 4.12. The Bertz CT molecular complexity index is 1300. The molecule has 3 rings (SSSR count). The van der Waals surface area contributed by atoms with Crippen molar-refractivity contribution in [1.29, 1.82) is 0 Å². The number of anilines is 4. The van der Waals surface area contributed by atoms with Crippen molar-refractivity contribution < 1.29 is 22.8 Å². The average Bonchev–Trinajstić information content (AvgIpc) is 2.74. The van der Waals surface area contributed by atoms with E-state index in [1.54, 1.807) is 24.3 Å². The van der Waals surface area contributed by atoms with Crippen LogP contribution in [0.3, 0.4) is 0 Å². The predicted octanol–water partition coefficient (Wildman–Crippen LogP) is 3.96. The molecule has 0 bridgehead atoms. The molecule has 0 atom stereocenters. The van der Waals surface area contributed by atoms with Gasteiger partial charge in [0.15, 0.2) is 0 Å². The maximum atomic E-state index is 12.8. The number of benzene rings is 3. The molecule has 3 amide bonds. The van der Waals surface area contributed by atoms with E-state index in [1.807, 2.05) is 6.92 Å². The van der Waals surface area contributed by atoms with Crippen LogP contribution < -0.4 is 20.7 Å². The molecule has 0 unspecified atom stereocenters. The molecule has 0 fully saturated rings. The van der Waals surface area contributed by atoms with Crippen molar-refractivity contribution in [3.63, 3.8) is 0 Å². The highest BCUT2D eigenvalue weighted by Gasteiger charge is 2.15. The highest BCUT2D eigenvalue weighted by Crippen LogP contribution is 2.22. The molecule has 3 aromatic carbocycles. The lowest BCUT2D eigenvalue weighted by Crippen LogP contribution is -2.15. The van der Waals surface area contributed by atoms with Gasteiger partial charge in [-0.15, -0.1) is 0 Å². The Kier molecular flexibility index (Phi) is 7.32. The van der Waals surface area contributed by atoms with Gasteiger partial charge in [0.1, 0.15) is 0 Å². The number of nitrogens with one attached hydrogen (secondary N) is 4. The molecule has 0 aliphatic rings. The van der Waals surface area contributed by atoms with Gasteiger partial charge < -0.3 is 16.0 Å². The van der Waals surface area contributed by atoms with E-state index in [1.165, 1.54) is 56.3 Å². The number of carbonyl (C=O) groups is 3. The number of aryl methyl sites for hydroxylation is 1. The highest BCUT2D eigenvalue weighted by molar-refractivity contribution is 7.92. The topological polar surface area (TPSA) is 133 Å². The number of hydrogen-bond donors (Lipinski definition) is 4. The van der Waals surface area contributed by atoms with Crippen molar-refractivity contribution in [3.05, 3.63) is 77.9 Å². The van der Waals surface area contributed by atoms with Crippen molar-refractivity contribution in [2.75, 3.05) is 20.7 Å². The van der Waals surface area contributed by atoms with Crippen LogP contribution in [0.4, 0.5) is 22.7 Å². The maximum absolute atomic E-state index is 12.8. The Balaban J connectivity index is 1.74. The molecule has 4 N–H and O–H groups in total. The Hall–Kier alpha value is -4.18. The van der Waals surface area contributed by atoms with Gasteiger partial charge in [0.2, 0.25) is 11.8 Å². The molecule has 3 aromatic rings. The fraction of sp³-hybridized carbons (Fsp3) is 0.125. The van der Waals surface area contributed by atoms with Crippen molar-refractivity contribution in [1.82, 2.24) is 0 Å². The van der Waals surface area contributed by atoms with Crippen LogP contribution >= 0.6 is 0 Å². The molecule has 9 nitrogen and oxygen atoms in total. The predicted molar refractivity (Wildman–Crippen MR) is 131 cm³/mol. The molecule has 34 heavy (non-hydrogen) atoms. The average molecular weight is 481 g/mol. The van der Waals surface area contributed by atoms with Gasteiger partial charge in [-0.05, 0) is 61.5 Å². The summed E-state index contributed by atoms with van der Waals surface area (Å²) < 4.78 is 27.6. The summed E-state index contributed by atoms with van der Waals surface area (Å²) >= 11 is 0. The summed E-state index contributed by atoms with van der Waals surface area (Å²) in [5.41, 5.74) is 2.62. The number of rotatable bonds is 7. The minimum Gasteiger partial charge on any atom is -0.326 e. The van der Waals surface area contributed by atoms with E-state index in [9.17, 15) is 22.8 Å². The van der Waals surface area contributed by atoms with Gasteiger partial charge in [-0.2, -0.15) is 0 Å². The van der Waals surface area contributed by atoms with E-state index in [4.69, 9.17) is 0 Å². The van der Waals surface area contributed by atoms with E-state index in [-0.39, 0.29) is 22.3 Å². The van der Waals surface area contributed by atoms with Crippen molar-refractivity contribution in [2.45, 2.75) is 25.7 Å². The van der Waals surface area contributed by atoms with Crippen LogP contribution in [0, 0.1) is 6.92 Å². The largest absolute Gasteiger partial charge is 0.326 e. The Morgan fingerprint density at radius 3 is 1.65 bits per heavy atom. The Morgan fingerprint density at radius 1 is 0.647 bits per heavy atom. The molecule has 176 valence electrons. The summed E-state index contributed by atoms with van der Waals surface area (Å²) in [6.07, 6.45) is 0. The number of amides is 3. The Morgan fingerprint density at radius 2 is 1.15 bits per heavy atom. The number of sulfonamides is 1. The molecule has 0 spiro atoms. The summed E-state index contributed by atoms with van der Waals surface area (Å²) in [6, 6.07) is 17.1. The SMILES string of the molecule is CC(=O)Nc1cc(NC(C)=O)cc(C(=O)Nc2ccc(NS(=O)(=O)c3ccc(C)cc3)cc2)c1. The van der Waals surface area contributed by atoms with E-state index in [2.05, 4.69) is 20.7 Å². The normalized spacial score (nSPS) is 10.8. The molecule has 0 saturated heterocycles. The summed E-state index contributed by atoms with van der Waals surface area (Å²) in [7, 11) is -3.74. The van der Waals surface area contributed by atoms with Gasteiger partial charge in [-0.25, -0.2) is 8.42 Å². The smallest absolute Gasteiger partial charge is 0.261 e. The van der Waals surface area contributed by atoms with Crippen molar-refractivity contribution in [2.24, 2.45) is 0 Å². The molecule has 10 heteroatoms. The van der Waals surface area contributed by atoms with Crippen LogP contribution in [-0.4, -0.2) is 26.1 Å². The zero-order valence-corrected chi connectivity index (χ0v) is 19.6. The van der Waals surface area contributed by atoms with Crippen molar-refractivity contribution >= 4 is 50.5 Å². The minimum atomic E-state index is -3.74. The van der Waals surface area contributed by atoms with Gasteiger partial charge in [-0.1, -0.05) is 17.7 Å². The van der Waals surface area contributed by atoms with Crippen LogP contribution in [0.5, 0.6) is 0 Å². The quantitative estimate of drug-likeness (QED) is 0.406. The third kappa shape index (κ3) is 6.66. The zero-order valence-electron chi connectivity index (χ0n) is 18.8. The molecule has 0 aliphatic heterocycles. The maximum Gasteiger partial charge on any atom is 0.261 e. The fourth-order valence-electron chi connectivity index (χ4n) is 3.07. The van der Waals surface area contributed by atoms with Gasteiger partial charge in [-0.3, -0.25) is 19.1 Å². The Labute approximate surface area is 197 Å². The minimum absolute atomic E-state index is 0.143. The molecule has 0 radical (unpaired) electrons. The summed E-state index contributed by atoms with van der Waals surface area (Å²) in [6.45, 7) is 4.53. The lowest BCUT2D eigenvalue weighted by molar-refractivity contribution is -0.115. The molecular formula is C24H24N4O5S. The summed E-state index contributed by atoms with van der Waals surface area (Å²) in [4.78, 5) is 35.7. The molecule has 0 aliphatic carbocycles. The standard InChI is InChI=1S/C24H24N4O5S/c1-15-4-10-23(11-5-15)34(32,33)28-20-8-6-19(7-9-20)27-24(31)18-12-21(25-16(2)29)14-22(13-18)26-17(3)30/h4-14,28H,1-3H3,(H,25,29)(H,26,30)(H,27,31). The summed E-state index contributed by atoms with van der Waals surface area (Å²) in [5, 5.41) is 7.88. The second kappa shape index (κ2) is 10.2. The van der Waals surface area contributed by atoms with E-state index in [0.29, 0.717) is 22.7 Å². The third-order valence-corrected chi connectivity index (χ3v) is 5.96. The van der Waals surface area contributed by atoms with Crippen molar-refractivity contribution in [3.8, 4) is 0 Å². The van der Waals surface area contributed by atoms with Crippen LogP contribution in [0.15, 0.2) is 71.6 Å². The van der Waals surface area contributed by atoms with E-state index in [0.717, 1.165) is 5.56 Å². The van der Waals surface area contributed by atoms with Gasteiger partial charge in [0, 0.05) is 42.2 Å². The van der Waals surface area contributed by atoms with E-state index >= 15 is 0 Å². The molecule has 0 saturated carbocycles. The first-order chi connectivity index (χ1) is 16.0. The number of carbonyl (C=O) groups excluding carboxylic acids is 3. The lowest BCUT2D eigenvalue weighted by Gasteiger charge is -2.12. The van der Waals surface area contributed by atoms with E-state index < -0.39 is 15.9 Å². The number of hydrogen-bond acceptors (Lipinski definition) is 5. The first kappa shape index (κ1) is 24.5. The third-order valence-electron chi connectivity index (χ3n) is 4.56. The molecule has 0 aromatic heterocycles. The van der Waals surface area contributed by atoms with Gasteiger partial charge in [0.25, 0.3) is 15.9 Å². The van der Waals surface area contributed by atoms with Crippen LogP contribution in [-0.2, 0) is 19.6 Å². The first-order valence-corrected chi connectivity index (χ1v) is 11.7. The monoisotopic (exact) mass is 480 g/mol. The van der Waals surface area contributed by atoms with Crippen LogP contribution in [0.1, 0.15) is 29.8 Å². The second-order valence-corrected chi connectivity index (χ2v) is 9.29. The highest BCUT2D eigenvalue weighted by atomic mass is 32.2. The van der Waals surface area contributed by atoms with Crippen LogP contribution in [0.25, 0.3) is 0 Å². The molecular weight excluding hydrogens is 456 g/mol. The summed E-state index contributed by atoms with van der Waals surface area (Å²) in [5.74, 6) is -1.13. The lowest BCUT2D eigenvalue weighted by atomic mass is 10.1. The van der Waals surface area contributed by atoms with Gasteiger partial charge >= 0.3 is 0 Å². The molecule has 0 heterocycles. The van der Waals surface area contributed by atoms with Gasteiger partial charge in [0.05, 0.1) is 4.90 Å². The first-order valence-electron chi connectivity index (χ1n) is 10.2. The van der Waals surface area contributed by atoms with Crippen LogP contribution in [0.2, 0.25) is 0 Å². The zero-order chi connectivity index (χ0) is 24.9. The second-order valence-electron chi connectivity index (χ2n) is 7.61.